The molecule has 6 heteroatoms. The Balaban J connectivity index is 1.66. The normalized spacial score (nSPS) is 18.7. The van der Waals surface area contributed by atoms with Crippen molar-refractivity contribution in [1.82, 2.24) is 9.55 Å². The van der Waals surface area contributed by atoms with Gasteiger partial charge in [-0.25, -0.2) is 4.98 Å². The van der Waals surface area contributed by atoms with Crippen molar-refractivity contribution in [3.8, 4) is 17.0 Å². The summed E-state index contributed by atoms with van der Waals surface area (Å²) in [5, 5.41) is 13.0. The van der Waals surface area contributed by atoms with E-state index in [4.69, 9.17) is 9.84 Å². The summed E-state index contributed by atoms with van der Waals surface area (Å²) in [4.78, 5) is 16.5. The molecule has 26 heavy (non-hydrogen) atoms. The van der Waals surface area contributed by atoms with Gasteiger partial charge in [-0.15, -0.1) is 0 Å². The van der Waals surface area contributed by atoms with Crippen molar-refractivity contribution in [2.24, 2.45) is 18.9 Å². The molecule has 2 N–H and O–H groups in total. The summed E-state index contributed by atoms with van der Waals surface area (Å²) >= 11 is 0. The number of carbonyl (C=O) groups excluding carboxylic acids is 1. The molecule has 0 unspecified atom stereocenters. The number of hydrogen-bond donors (Lipinski definition) is 2. The van der Waals surface area contributed by atoms with Crippen molar-refractivity contribution in [2.45, 2.75) is 6.42 Å². The van der Waals surface area contributed by atoms with Crippen molar-refractivity contribution in [1.29, 1.82) is 0 Å². The third-order valence-electron chi connectivity index (χ3n) is 5.06. The third-order valence-corrected chi connectivity index (χ3v) is 5.06. The molecule has 3 aromatic rings. The Morgan fingerprint density at radius 3 is 2.92 bits per heavy atom. The Morgan fingerprint density at radius 1 is 1.38 bits per heavy atom. The smallest absolute Gasteiger partial charge is 0.229 e. The summed E-state index contributed by atoms with van der Waals surface area (Å²) in [6.45, 7) is 0.0610. The summed E-state index contributed by atoms with van der Waals surface area (Å²) in [7, 11) is 3.65. The number of carbonyl (C=O) groups is 1. The second kappa shape index (κ2) is 6.46. The van der Waals surface area contributed by atoms with Crippen molar-refractivity contribution < 1.29 is 14.6 Å². The number of nitrogens with zero attached hydrogens (tertiary/aromatic N) is 2. The molecule has 1 amide bonds. The van der Waals surface area contributed by atoms with Gasteiger partial charge < -0.3 is 19.7 Å². The van der Waals surface area contributed by atoms with Gasteiger partial charge in [-0.3, -0.25) is 4.79 Å². The van der Waals surface area contributed by atoms with Crippen molar-refractivity contribution >= 4 is 22.6 Å². The predicted octanol–water partition coefficient (Wildman–Crippen LogP) is 2.82. The number of aliphatic hydroxyl groups is 1. The second-order valence-corrected chi connectivity index (χ2v) is 6.69. The summed E-state index contributed by atoms with van der Waals surface area (Å²) in [5.41, 5.74) is 3.00. The highest BCUT2D eigenvalue weighted by Gasteiger charge is 2.42. The van der Waals surface area contributed by atoms with E-state index in [9.17, 15) is 4.79 Å². The highest BCUT2D eigenvalue weighted by atomic mass is 16.5. The van der Waals surface area contributed by atoms with Crippen LogP contribution in [-0.4, -0.2) is 34.3 Å². The molecule has 2 heterocycles. The summed E-state index contributed by atoms with van der Waals surface area (Å²) < 4.78 is 7.54. The van der Waals surface area contributed by atoms with Gasteiger partial charge >= 0.3 is 0 Å². The second-order valence-electron chi connectivity index (χ2n) is 6.69. The molecule has 0 radical (unpaired) electrons. The first-order valence-corrected chi connectivity index (χ1v) is 8.63. The van der Waals surface area contributed by atoms with Crippen LogP contribution in [0, 0.1) is 11.8 Å². The quantitative estimate of drug-likeness (QED) is 0.741. The molecule has 0 spiro atoms. The molecule has 1 aliphatic rings. The third kappa shape index (κ3) is 2.82. The fourth-order valence-corrected chi connectivity index (χ4v) is 3.41. The number of benzene rings is 1. The molecule has 2 aromatic heterocycles. The summed E-state index contributed by atoms with van der Waals surface area (Å²) in [5.74, 6) is 1.26. The molecular weight excluding hydrogens is 330 g/mol. The molecule has 0 saturated heterocycles. The number of pyridine rings is 1. The molecular formula is C20H21N3O3. The number of nitrogens with one attached hydrogen (secondary N) is 1. The molecule has 6 nitrogen and oxygen atoms in total. The average molecular weight is 351 g/mol. The maximum absolute atomic E-state index is 12.2. The number of rotatable bonds is 5. The lowest BCUT2D eigenvalue weighted by molar-refractivity contribution is -0.117. The molecule has 0 bridgehead atoms. The highest BCUT2D eigenvalue weighted by Crippen LogP contribution is 2.39. The van der Waals surface area contributed by atoms with E-state index in [1.165, 1.54) is 0 Å². The van der Waals surface area contributed by atoms with E-state index >= 15 is 0 Å². The Morgan fingerprint density at radius 2 is 2.19 bits per heavy atom. The van der Waals surface area contributed by atoms with Crippen molar-refractivity contribution in [3.05, 3.63) is 42.6 Å². The van der Waals surface area contributed by atoms with E-state index in [1.54, 1.807) is 13.3 Å². The van der Waals surface area contributed by atoms with Gasteiger partial charge in [-0.05, 0) is 36.6 Å². The lowest BCUT2D eigenvalue weighted by Crippen LogP contribution is -2.16. The van der Waals surface area contributed by atoms with Crippen molar-refractivity contribution in [3.63, 3.8) is 0 Å². The molecule has 4 rings (SSSR count). The summed E-state index contributed by atoms with van der Waals surface area (Å²) in [6.07, 6.45) is 2.51. The Hall–Kier alpha value is -2.86. The lowest BCUT2D eigenvalue weighted by atomic mass is 10.1. The monoisotopic (exact) mass is 351 g/mol. The van der Waals surface area contributed by atoms with E-state index in [0.717, 1.165) is 34.3 Å². The van der Waals surface area contributed by atoms with E-state index in [2.05, 4.69) is 20.9 Å². The topological polar surface area (TPSA) is 76.4 Å². The zero-order valence-corrected chi connectivity index (χ0v) is 14.8. The molecule has 1 aliphatic carbocycles. The Labute approximate surface area is 151 Å². The van der Waals surface area contributed by atoms with Crippen LogP contribution in [0.25, 0.3) is 22.2 Å². The number of amides is 1. The predicted molar refractivity (Wildman–Crippen MR) is 100 cm³/mol. The Kier molecular flexibility index (Phi) is 4.12. The van der Waals surface area contributed by atoms with Crippen LogP contribution in [0.5, 0.6) is 5.75 Å². The number of ether oxygens (including phenoxy) is 1. The van der Waals surface area contributed by atoms with Gasteiger partial charge in [-0.2, -0.15) is 0 Å². The van der Waals surface area contributed by atoms with E-state index in [0.29, 0.717) is 5.82 Å². The zero-order chi connectivity index (χ0) is 18.3. The minimum Gasteiger partial charge on any atom is -0.496 e. The van der Waals surface area contributed by atoms with Crippen molar-refractivity contribution in [2.75, 3.05) is 19.0 Å². The van der Waals surface area contributed by atoms with Crippen LogP contribution in [0.4, 0.5) is 5.82 Å². The highest BCUT2D eigenvalue weighted by molar-refractivity contribution is 5.96. The van der Waals surface area contributed by atoms with Gasteiger partial charge in [0.05, 0.1) is 24.5 Å². The van der Waals surface area contributed by atoms with E-state index in [-0.39, 0.29) is 24.3 Å². The summed E-state index contributed by atoms with van der Waals surface area (Å²) in [6, 6.07) is 11.8. The number of aromatic nitrogens is 2. The van der Waals surface area contributed by atoms with Crippen LogP contribution >= 0.6 is 0 Å². The van der Waals surface area contributed by atoms with Gasteiger partial charge in [0.2, 0.25) is 5.91 Å². The number of methoxy groups -OCH3 is 1. The fraction of sp³-hybridized carbons (Fsp3) is 0.300. The van der Waals surface area contributed by atoms with E-state index in [1.807, 2.05) is 37.4 Å². The standard InChI is InChI=1S/C20H21N3O3/c1-23-16(14-5-3-4-6-18(14)26-2)8-12-9-19(21-10-17(12)23)22-20(25)15-7-13(15)11-24/h3-6,8-10,13,15,24H,7,11H2,1-2H3,(H,21,22,25)/t13-,15-/m0/s1. The molecule has 1 saturated carbocycles. The van der Waals surface area contributed by atoms with Gasteiger partial charge in [0.25, 0.3) is 0 Å². The first kappa shape index (κ1) is 16.6. The minimum absolute atomic E-state index is 0.0610. The maximum atomic E-state index is 12.2. The lowest BCUT2D eigenvalue weighted by Gasteiger charge is -2.09. The van der Waals surface area contributed by atoms with Crippen LogP contribution in [0.3, 0.4) is 0 Å². The largest absolute Gasteiger partial charge is 0.496 e. The van der Waals surface area contributed by atoms with Crippen LogP contribution in [-0.2, 0) is 11.8 Å². The number of para-hydroxylation sites is 1. The molecule has 0 aliphatic heterocycles. The first-order valence-electron chi connectivity index (χ1n) is 8.63. The average Bonchev–Trinajstić information content (AvgIpc) is 3.39. The van der Waals surface area contributed by atoms with Gasteiger partial charge in [0, 0.05) is 30.5 Å². The van der Waals surface area contributed by atoms with Crippen LogP contribution in [0.1, 0.15) is 6.42 Å². The maximum Gasteiger partial charge on any atom is 0.229 e. The Bertz CT molecular complexity index is 980. The minimum atomic E-state index is -0.0996. The number of aliphatic hydroxyl groups excluding tert-OH is 1. The van der Waals surface area contributed by atoms with Gasteiger partial charge in [0.15, 0.2) is 0 Å². The molecule has 1 fully saturated rings. The number of aryl methyl sites for hydroxylation is 1. The van der Waals surface area contributed by atoms with Crippen LogP contribution in [0.2, 0.25) is 0 Å². The SMILES string of the molecule is COc1ccccc1-c1cc2cc(NC(=O)[C@H]3C[C@H]3CO)ncc2n1C. The van der Waals surface area contributed by atoms with E-state index < -0.39 is 0 Å². The number of anilines is 1. The first-order chi connectivity index (χ1) is 12.6. The number of hydrogen-bond acceptors (Lipinski definition) is 4. The van der Waals surface area contributed by atoms with Crippen LogP contribution < -0.4 is 10.1 Å². The molecule has 1 aromatic carbocycles. The van der Waals surface area contributed by atoms with Gasteiger partial charge in [-0.1, -0.05) is 12.1 Å². The van der Waals surface area contributed by atoms with Gasteiger partial charge in [0.1, 0.15) is 11.6 Å². The molecule has 2 atom stereocenters. The number of fused-ring (bicyclic) bond motifs is 1. The zero-order valence-electron chi connectivity index (χ0n) is 14.8. The fourth-order valence-electron chi connectivity index (χ4n) is 3.41. The molecule has 134 valence electrons. The van der Waals surface area contributed by atoms with Crippen LogP contribution in [0.15, 0.2) is 42.6 Å².